The first kappa shape index (κ1) is 34.1. The first-order chi connectivity index (χ1) is 16.0. The van der Waals surface area contributed by atoms with Crippen molar-refractivity contribution in [3.05, 3.63) is 29.8 Å². The lowest BCUT2D eigenvalue weighted by Crippen LogP contribution is -2.39. The van der Waals surface area contributed by atoms with Crippen molar-refractivity contribution in [3.63, 3.8) is 0 Å². The number of nitrogens with zero attached hydrogens (tertiary/aromatic N) is 2. The number of ether oxygens (including phenoxy) is 1. The van der Waals surface area contributed by atoms with Gasteiger partial charge in [0.05, 0.1) is 6.61 Å². The zero-order valence-electron chi connectivity index (χ0n) is 24.0. The Morgan fingerprint density at radius 2 is 1.64 bits per heavy atom. The minimum absolute atomic E-state index is 0.386. The van der Waals surface area contributed by atoms with Crippen LogP contribution in [-0.4, -0.2) is 62.7 Å². The highest BCUT2D eigenvalue weighted by atomic mass is 16.5. The molecular formula is C29H59N3O. The van der Waals surface area contributed by atoms with Crippen molar-refractivity contribution in [1.82, 2.24) is 15.1 Å². The molecule has 33 heavy (non-hydrogen) atoms. The van der Waals surface area contributed by atoms with Gasteiger partial charge in [0.2, 0.25) is 0 Å². The molecular weight excluding hydrogens is 406 g/mol. The highest BCUT2D eigenvalue weighted by molar-refractivity contribution is 5.28. The Bertz CT molecular complexity index is 504. The molecule has 1 aliphatic rings. The molecule has 2 unspecified atom stereocenters. The molecule has 1 saturated heterocycles. The molecule has 0 bridgehead atoms. The van der Waals surface area contributed by atoms with Crippen molar-refractivity contribution in [3.8, 4) is 5.75 Å². The number of nitrogens with one attached hydrogen (secondary N) is 1. The molecule has 1 fully saturated rings. The van der Waals surface area contributed by atoms with E-state index in [1.807, 2.05) is 27.7 Å². The monoisotopic (exact) mass is 465 g/mol. The van der Waals surface area contributed by atoms with Crippen molar-refractivity contribution >= 4 is 0 Å². The normalized spacial score (nSPS) is 16.4. The third-order valence-electron chi connectivity index (χ3n) is 5.41. The lowest BCUT2D eigenvalue weighted by atomic mass is 10.0. The summed E-state index contributed by atoms with van der Waals surface area (Å²) in [6, 6.07) is 9.72. The van der Waals surface area contributed by atoms with E-state index in [4.69, 9.17) is 4.74 Å². The van der Waals surface area contributed by atoms with Gasteiger partial charge in [0.1, 0.15) is 5.75 Å². The van der Waals surface area contributed by atoms with E-state index in [1.165, 1.54) is 50.8 Å². The number of rotatable bonds is 11. The van der Waals surface area contributed by atoms with E-state index >= 15 is 0 Å². The molecule has 0 saturated carbocycles. The van der Waals surface area contributed by atoms with Crippen LogP contribution < -0.4 is 10.1 Å². The summed E-state index contributed by atoms with van der Waals surface area (Å²) in [7, 11) is 4.19. The SMILES string of the molecule is CC.CC.CC(NCCCN1CCCCC1C)c1ccc(OCCCN(C)C)cc1.CCC. The van der Waals surface area contributed by atoms with Gasteiger partial charge in [-0.05, 0) is 91.0 Å². The average molecular weight is 466 g/mol. The van der Waals surface area contributed by atoms with E-state index in [1.54, 1.807) is 0 Å². The quantitative estimate of drug-likeness (QED) is 0.344. The van der Waals surface area contributed by atoms with E-state index in [9.17, 15) is 0 Å². The summed E-state index contributed by atoms with van der Waals surface area (Å²) in [6.07, 6.45) is 7.68. The van der Waals surface area contributed by atoms with Crippen LogP contribution in [0.25, 0.3) is 0 Å². The molecule has 1 N–H and O–H groups in total. The summed E-state index contributed by atoms with van der Waals surface area (Å²) in [5, 5.41) is 3.66. The number of piperidine rings is 1. The fraction of sp³-hybridized carbons (Fsp3) is 0.793. The maximum atomic E-state index is 5.81. The van der Waals surface area contributed by atoms with Gasteiger partial charge >= 0.3 is 0 Å². The first-order valence-electron chi connectivity index (χ1n) is 13.8. The molecule has 4 heteroatoms. The third kappa shape index (κ3) is 18.0. The van der Waals surface area contributed by atoms with E-state index in [0.29, 0.717) is 6.04 Å². The van der Waals surface area contributed by atoms with Crippen LogP contribution in [0.4, 0.5) is 0 Å². The molecule has 2 rings (SSSR count). The van der Waals surface area contributed by atoms with Crippen LogP contribution in [0.3, 0.4) is 0 Å². The predicted molar refractivity (Wildman–Crippen MR) is 150 cm³/mol. The number of hydrogen-bond acceptors (Lipinski definition) is 4. The molecule has 1 heterocycles. The summed E-state index contributed by atoms with van der Waals surface area (Å²) in [4.78, 5) is 4.84. The topological polar surface area (TPSA) is 27.7 Å². The Hall–Kier alpha value is -1.10. The van der Waals surface area contributed by atoms with Crippen LogP contribution in [0, 0.1) is 0 Å². The Labute approximate surface area is 208 Å². The molecule has 0 aromatic heterocycles. The molecule has 0 spiro atoms. The Balaban J connectivity index is 0. The van der Waals surface area contributed by atoms with Crippen LogP contribution in [0.5, 0.6) is 5.75 Å². The molecule has 1 aromatic carbocycles. The second-order valence-corrected chi connectivity index (χ2v) is 8.69. The maximum Gasteiger partial charge on any atom is 0.119 e. The van der Waals surface area contributed by atoms with Gasteiger partial charge in [-0.15, -0.1) is 0 Å². The second-order valence-electron chi connectivity index (χ2n) is 8.69. The summed E-state index contributed by atoms with van der Waals surface area (Å²) in [6.45, 7) is 22.3. The van der Waals surface area contributed by atoms with Crippen molar-refractivity contribution in [1.29, 1.82) is 0 Å². The van der Waals surface area contributed by atoms with E-state index in [0.717, 1.165) is 37.9 Å². The van der Waals surface area contributed by atoms with E-state index < -0.39 is 0 Å². The largest absolute Gasteiger partial charge is 0.494 e. The Morgan fingerprint density at radius 3 is 2.18 bits per heavy atom. The lowest BCUT2D eigenvalue weighted by Gasteiger charge is -2.33. The van der Waals surface area contributed by atoms with Gasteiger partial charge in [-0.25, -0.2) is 0 Å². The van der Waals surface area contributed by atoms with Gasteiger partial charge in [0, 0.05) is 18.6 Å². The van der Waals surface area contributed by atoms with Gasteiger partial charge < -0.3 is 19.9 Å². The highest BCUT2D eigenvalue weighted by Crippen LogP contribution is 2.18. The van der Waals surface area contributed by atoms with Gasteiger partial charge in [0.15, 0.2) is 0 Å². The fourth-order valence-corrected chi connectivity index (χ4v) is 3.63. The maximum absolute atomic E-state index is 5.81. The second kappa shape index (κ2) is 24.0. The van der Waals surface area contributed by atoms with Gasteiger partial charge in [-0.2, -0.15) is 0 Å². The standard InChI is InChI=1S/C22H39N3O.C3H8.2C2H6/c1-19-9-5-6-16-25(19)17-7-14-23-20(2)21-10-12-22(13-11-21)26-18-8-15-24(3)4;1-3-2;2*1-2/h10-13,19-20,23H,5-9,14-18H2,1-4H3;3H2,1-2H3;2*1-2H3. The van der Waals surface area contributed by atoms with Crippen LogP contribution in [0.2, 0.25) is 0 Å². The molecule has 0 radical (unpaired) electrons. The molecule has 2 atom stereocenters. The highest BCUT2D eigenvalue weighted by Gasteiger charge is 2.17. The molecule has 4 nitrogen and oxygen atoms in total. The van der Waals surface area contributed by atoms with Crippen molar-refractivity contribution in [2.75, 3.05) is 46.9 Å². The summed E-state index contributed by atoms with van der Waals surface area (Å²) < 4.78 is 5.81. The molecule has 0 aliphatic carbocycles. The smallest absolute Gasteiger partial charge is 0.119 e. The molecule has 0 amide bonds. The summed E-state index contributed by atoms with van der Waals surface area (Å²) in [5.41, 5.74) is 1.33. The zero-order valence-corrected chi connectivity index (χ0v) is 24.0. The van der Waals surface area contributed by atoms with E-state index in [-0.39, 0.29) is 0 Å². The van der Waals surface area contributed by atoms with Crippen molar-refractivity contribution < 1.29 is 4.74 Å². The molecule has 1 aliphatic heterocycles. The third-order valence-corrected chi connectivity index (χ3v) is 5.41. The van der Waals surface area contributed by atoms with Crippen LogP contribution in [0.15, 0.2) is 24.3 Å². The van der Waals surface area contributed by atoms with E-state index in [2.05, 4.69) is 81.2 Å². The number of benzene rings is 1. The Kier molecular flexibility index (Phi) is 24.8. The molecule has 1 aromatic rings. The van der Waals surface area contributed by atoms with Crippen molar-refractivity contribution in [2.45, 2.75) is 106 Å². The van der Waals surface area contributed by atoms with Crippen molar-refractivity contribution in [2.24, 2.45) is 0 Å². The number of hydrogen-bond donors (Lipinski definition) is 1. The predicted octanol–water partition coefficient (Wildman–Crippen LogP) is 7.40. The first-order valence-corrected chi connectivity index (χ1v) is 13.8. The summed E-state index contributed by atoms with van der Waals surface area (Å²) >= 11 is 0. The summed E-state index contributed by atoms with van der Waals surface area (Å²) in [5.74, 6) is 0.971. The van der Waals surface area contributed by atoms with Gasteiger partial charge in [-0.3, -0.25) is 0 Å². The number of likely N-dealkylation sites (tertiary alicyclic amines) is 1. The fourth-order valence-electron chi connectivity index (χ4n) is 3.63. The van der Waals surface area contributed by atoms with Crippen LogP contribution >= 0.6 is 0 Å². The lowest BCUT2D eigenvalue weighted by molar-refractivity contribution is 0.158. The Morgan fingerprint density at radius 1 is 1.03 bits per heavy atom. The average Bonchev–Trinajstić information content (AvgIpc) is 2.84. The minimum Gasteiger partial charge on any atom is -0.494 e. The zero-order chi connectivity index (χ0) is 25.5. The molecule has 196 valence electrons. The minimum atomic E-state index is 0.386. The van der Waals surface area contributed by atoms with Crippen LogP contribution in [-0.2, 0) is 0 Å². The van der Waals surface area contributed by atoms with Gasteiger partial charge in [-0.1, -0.05) is 66.5 Å². The van der Waals surface area contributed by atoms with Gasteiger partial charge in [0.25, 0.3) is 0 Å². The van der Waals surface area contributed by atoms with Crippen LogP contribution in [0.1, 0.15) is 106 Å².